The van der Waals surface area contributed by atoms with E-state index in [0.29, 0.717) is 24.1 Å². The molecule has 2 aromatic rings. The number of H-pyrrole nitrogens is 1. The van der Waals surface area contributed by atoms with Crippen LogP contribution < -0.4 is 11.1 Å². The molecule has 1 heterocycles. The number of fused-ring (bicyclic) bond motifs is 1. The van der Waals surface area contributed by atoms with E-state index >= 15 is 0 Å². The number of aliphatic hydroxyl groups is 1. The molecule has 0 saturated carbocycles. The zero-order chi connectivity index (χ0) is 14.0. The lowest BCUT2D eigenvalue weighted by molar-refractivity contribution is 0.0514. The van der Waals surface area contributed by atoms with Gasteiger partial charge in [0, 0.05) is 12.2 Å². The van der Waals surface area contributed by atoms with E-state index < -0.39 is 5.60 Å². The minimum absolute atomic E-state index is 0.451. The molecule has 5 nitrogen and oxygen atoms in total. The molecule has 19 heavy (non-hydrogen) atoms. The number of aromatic amines is 1. The Kier molecular flexibility index (Phi) is 3.66. The van der Waals surface area contributed by atoms with Gasteiger partial charge in [0.15, 0.2) is 0 Å². The van der Waals surface area contributed by atoms with Gasteiger partial charge < -0.3 is 21.1 Å². The van der Waals surface area contributed by atoms with Crippen LogP contribution in [0, 0.1) is 5.92 Å². The van der Waals surface area contributed by atoms with Crippen molar-refractivity contribution in [2.75, 3.05) is 17.6 Å². The average molecular weight is 262 g/mol. The second kappa shape index (κ2) is 5.09. The molecule has 0 saturated heterocycles. The summed E-state index contributed by atoms with van der Waals surface area (Å²) in [6.45, 7) is 6.48. The lowest BCUT2D eigenvalue weighted by Crippen LogP contribution is -2.35. The first-order chi connectivity index (χ1) is 8.85. The van der Waals surface area contributed by atoms with Crippen molar-refractivity contribution in [3.05, 3.63) is 18.2 Å². The topological polar surface area (TPSA) is 87.0 Å². The highest BCUT2D eigenvalue weighted by Crippen LogP contribution is 2.19. The molecule has 0 fully saturated rings. The Hall–Kier alpha value is -1.75. The van der Waals surface area contributed by atoms with Crippen LogP contribution in [0.1, 0.15) is 27.2 Å². The number of nitrogens with two attached hydrogens (primary N) is 1. The van der Waals surface area contributed by atoms with Gasteiger partial charge in [0.1, 0.15) is 0 Å². The second-order valence-corrected chi connectivity index (χ2v) is 5.81. The van der Waals surface area contributed by atoms with Crippen LogP contribution in [0.15, 0.2) is 18.2 Å². The first-order valence-corrected chi connectivity index (χ1v) is 6.57. The zero-order valence-electron chi connectivity index (χ0n) is 11.7. The molecule has 0 aliphatic carbocycles. The van der Waals surface area contributed by atoms with Crippen molar-refractivity contribution in [2.24, 2.45) is 5.92 Å². The van der Waals surface area contributed by atoms with Crippen molar-refractivity contribution < 1.29 is 5.11 Å². The SMILES string of the molecule is CC(C)CC(C)(O)CNc1nc2ccc(N)cc2[nH]1. The fraction of sp³-hybridized carbons (Fsp3) is 0.500. The Bertz CT molecular complexity index is 560. The lowest BCUT2D eigenvalue weighted by atomic mass is 9.94. The highest BCUT2D eigenvalue weighted by molar-refractivity contribution is 5.80. The number of hydrogen-bond donors (Lipinski definition) is 4. The van der Waals surface area contributed by atoms with Crippen LogP contribution in [-0.2, 0) is 0 Å². The summed E-state index contributed by atoms with van der Waals surface area (Å²) >= 11 is 0. The van der Waals surface area contributed by atoms with Crippen molar-refractivity contribution in [1.82, 2.24) is 9.97 Å². The summed E-state index contributed by atoms with van der Waals surface area (Å²) in [6, 6.07) is 5.54. The first kappa shape index (κ1) is 13.7. The number of rotatable bonds is 5. The normalized spacial score (nSPS) is 14.8. The van der Waals surface area contributed by atoms with E-state index in [1.807, 2.05) is 25.1 Å². The third-order valence-corrected chi connectivity index (χ3v) is 2.99. The van der Waals surface area contributed by atoms with E-state index in [9.17, 15) is 5.11 Å². The summed E-state index contributed by atoms with van der Waals surface area (Å²) in [4.78, 5) is 7.55. The molecule has 5 heteroatoms. The minimum atomic E-state index is -0.744. The quantitative estimate of drug-likeness (QED) is 0.623. The van der Waals surface area contributed by atoms with Gasteiger partial charge in [-0.25, -0.2) is 4.98 Å². The maximum atomic E-state index is 10.2. The molecule has 1 aromatic carbocycles. The molecule has 1 unspecified atom stereocenters. The fourth-order valence-electron chi connectivity index (χ4n) is 2.34. The number of nitrogens with one attached hydrogen (secondary N) is 2. The average Bonchev–Trinajstić information content (AvgIpc) is 2.66. The summed E-state index contributed by atoms with van der Waals surface area (Å²) in [6.07, 6.45) is 0.743. The van der Waals surface area contributed by atoms with Crippen LogP contribution in [0.3, 0.4) is 0 Å². The highest BCUT2D eigenvalue weighted by Gasteiger charge is 2.21. The third-order valence-electron chi connectivity index (χ3n) is 2.99. The van der Waals surface area contributed by atoms with Crippen LogP contribution >= 0.6 is 0 Å². The van der Waals surface area contributed by atoms with Gasteiger partial charge in [0.2, 0.25) is 5.95 Å². The fourth-order valence-corrected chi connectivity index (χ4v) is 2.34. The van der Waals surface area contributed by atoms with Crippen molar-refractivity contribution in [2.45, 2.75) is 32.8 Å². The van der Waals surface area contributed by atoms with Gasteiger partial charge in [0.05, 0.1) is 16.6 Å². The Morgan fingerprint density at radius 2 is 2.21 bits per heavy atom. The van der Waals surface area contributed by atoms with Gasteiger partial charge in [0.25, 0.3) is 0 Å². The Balaban J connectivity index is 2.05. The molecule has 2 rings (SSSR count). The van der Waals surface area contributed by atoms with Gasteiger partial charge in [-0.05, 0) is 37.5 Å². The highest BCUT2D eigenvalue weighted by atomic mass is 16.3. The van der Waals surface area contributed by atoms with Crippen molar-refractivity contribution in [3.63, 3.8) is 0 Å². The minimum Gasteiger partial charge on any atom is -0.399 e. The predicted octanol–water partition coefficient (Wildman–Crippen LogP) is 2.35. The molecule has 0 aliphatic heterocycles. The predicted molar refractivity (Wildman–Crippen MR) is 79.1 cm³/mol. The van der Waals surface area contributed by atoms with Gasteiger partial charge in [-0.15, -0.1) is 0 Å². The van der Waals surface area contributed by atoms with E-state index in [1.54, 1.807) is 0 Å². The third kappa shape index (κ3) is 3.61. The molecular weight excluding hydrogens is 240 g/mol. The Labute approximate surface area is 113 Å². The molecular formula is C14H22N4O. The van der Waals surface area contributed by atoms with Crippen molar-refractivity contribution >= 4 is 22.7 Å². The smallest absolute Gasteiger partial charge is 0.201 e. The molecule has 0 bridgehead atoms. The molecule has 0 aliphatic rings. The second-order valence-electron chi connectivity index (χ2n) is 5.81. The van der Waals surface area contributed by atoms with Crippen LogP contribution in [0.5, 0.6) is 0 Å². The molecule has 0 spiro atoms. The summed E-state index contributed by atoms with van der Waals surface area (Å²) in [5.41, 5.74) is 7.44. The molecule has 5 N–H and O–H groups in total. The number of imidazole rings is 1. The van der Waals surface area contributed by atoms with Crippen LogP contribution in [0.2, 0.25) is 0 Å². The summed E-state index contributed by atoms with van der Waals surface area (Å²) in [5.74, 6) is 1.11. The Morgan fingerprint density at radius 3 is 2.89 bits per heavy atom. The van der Waals surface area contributed by atoms with Gasteiger partial charge >= 0.3 is 0 Å². The molecule has 0 amide bonds. The number of aromatic nitrogens is 2. The van der Waals surface area contributed by atoms with Gasteiger partial charge in [-0.3, -0.25) is 0 Å². The number of nitrogen functional groups attached to an aromatic ring is 1. The van der Waals surface area contributed by atoms with E-state index in [4.69, 9.17) is 5.73 Å². The number of nitrogens with zero attached hydrogens (tertiary/aromatic N) is 1. The summed E-state index contributed by atoms with van der Waals surface area (Å²) in [5, 5.41) is 13.4. The summed E-state index contributed by atoms with van der Waals surface area (Å²) < 4.78 is 0. The molecule has 1 aromatic heterocycles. The van der Waals surface area contributed by atoms with Crippen LogP contribution in [-0.4, -0.2) is 27.2 Å². The van der Waals surface area contributed by atoms with Crippen LogP contribution in [0.25, 0.3) is 11.0 Å². The maximum absolute atomic E-state index is 10.2. The van der Waals surface area contributed by atoms with E-state index in [1.165, 1.54) is 0 Å². The summed E-state index contributed by atoms with van der Waals surface area (Å²) in [7, 11) is 0. The number of anilines is 2. The van der Waals surface area contributed by atoms with E-state index in [0.717, 1.165) is 17.5 Å². The lowest BCUT2D eigenvalue weighted by Gasteiger charge is -2.25. The number of hydrogen-bond acceptors (Lipinski definition) is 4. The zero-order valence-corrected chi connectivity index (χ0v) is 11.7. The first-order valence-electron chi connectivity index (χ1n) is 6.57. The standard InChI is InChI=1S/C14H22N4O/c1-9(2)7-14(3,19)8-16-13-17-11-5-4-10(15)6-12(11)18-13/h4-6,9,19H,7-8,15H2,1-3H3,(H2,16,17,18). The van der Waals surface area contributed by atoms with E-state index in [2.05, 4.69) is 29.1 Å². The molecule has 0 radical (unpaired) electrons. The largest absolute Gasteiger partial charge is 0.399 e. The number of benzene rings is 1. The Morgan fingerprint density at radius 1 is 1.47 bits per heavy atom. The van der Waals surface area contributed by atoms with Gasteiger partial charge in [-0.2, -0.15) is 0 Å². The van der Waals surface area contributed by atoms with E-state index in [-0.39, 0.29) is 0 Å². The maximum Gasteiger partial charge on any atom is 0.201 e. The van der Waals surface area contributed by atoms with Crippen molar-refractivity contribution in [3.8, 4) is 0 Å². The molecule has 1 atom stereocenters. The molecule has 104 valence electrons. The van der Waals surface area contributed by atoms with Crippen molar-refractivity contribution in [1.29, 1.82) is 0 Å². The van der Waals surface area contributed by atoms with Gasteiger partial charge in [-0.1, -0.05) is 13.8 Å². The van der Waals surface area contributed by atoms with Crippen LogP contribution in [0.4, 0.5) is 11.6 Å². The monoisotopic (exact) mass is 262 g/mol.